The maximum absolute atomic E-state index is 11.8. The lowest BCUT2D eigenvalue weighted by Gasteiger charge is -2.15. The zero-order valence-electron chi connectivity index (χ0n) is 9.79. The summed E-state index contributed by atoms with van der Waals surface area (Å²) in [6.07, 6.45) is 3.05. The highest BCUT2D eigenvalue weighted by atomic mass is 16.5. The van der Waals surface area contributed by atoms with Gasteiger partial charge in [0, 0.05) is 19.2 Å². The molecule has 6 heteroatoms. The Morgan fingerprint density at radius 2 is 2.39 bits per heavy atom. The minimum Gasteiger partial charge on any atom is -0.469 e. The molecule has 1 fully saturated rings. The lowest BCUT2D eigenvalue weighted by molar-refractivity contribution is -0.145. The number of ether oxygens (including phenoxy) is 1. The fourth-order valence-corrected chi connectivity index (χ4v) is 1.92. The van der Waals surface area contributed by atoms with E-state index in [0.717, 1.165) is 0 Å². The summed E-state index contributed by atoms with van der Waals surface area (Å²) in [5.74, 6) is -1.01. The Hall–Kier alpha value is -2.42. The average molecular weight is 245 g/mol. The minimum atomic E-state index is -0.451. The third kappa shape index (κ3) is 2.15. The number of aromatic nitrogens is 1. The maximum Gasteiger partial charge on any atom is 0.311 e. The molecule has 1 amide bonds. The van der Waals surface area contributed by atoms with Gasteiger partial charge in [-0.3, -0.25) is 14.6 Å². The van der Waals surface area contributed by atoms with Crippen molar-refractivity contribution in [1.29, 1.82) is 5.26 Å². The van der Waals surface area contributed by atoms with Gasteiger partial charge in [-0.2, -0.15) is 5.26 Å². The first kappa shape index (κ1) is 12.0. The topological polar surface area (TPSA) is 83.3 Å². The molecule has 92 valence electrons. The number of esters is 1. The Kier molecular flexibility index (Phi) is 3.24. The van der Waals surface area contributed by atoms with Crippen molar-refractivity contribution in [2.45, 2.75) is 6.42 Å². The van der Waals surface area contributed by atoms with Crippen LogP contribution < -0.4 is 4.90 Å². The van der Waals surface area contributed by atoms with Crippen molar-refractivity contribution in [2.75, 3.05) is 18.6 Å². The first-order chi connectivity index (χ1) is 8.65. The Balaban J connectivity index is 2.22. The van der Waals surface area contributed by atoms with Crippen molar-refractivity contribution < 1.29 is 14.3 Å². The van der Waals surface area contributed by atoms with Crippen LogP contribution >= 0.6 is 0 Å². The number of rotatable bonds is 2. The van der Waals surface area contributed by atoms with Crippen LogP contribution in [0.25, 0.3) is 0 Å². The quantitative estimate of drug-likeness (QED) is 0.707. The van der Waals surface area contributed by atoms with Crippen LogP contribution in [0.4, 0.5) is 5.69 Å². The van der Waals surface area contributed by atoms with E-state index in [0.29, 0.717) is 11.3 Å². The first-order valence-corrected chi connectivity index (χ1v) is 5.39. The maximum atomic E-state index is 11.8. The number of carbonyl (C=O) groups is 2. The molecule has 1 aliphatic heterocycles. The highest BCUT2D eigenvalue weighted by molar-refractivity contribution is 5.99. The van der Waals surface area contributed by atoms with Gasteiger partial charge >= 0.3 is 5.97 Å². The molecule has 0 radical (unpaired) electrons. The van der Waals surface area contributed by atoms with Crippen molar-refractivity contribution in [1.82, 2.24) is 4.98 Å². The molecule has 6 nitrogen and oxygen atoms in total. The van der Waals surface area contributed by atoms with Gasteiger partial charge in [0.1, 0.15) is 6.07 Å². The van der Waals surface area contributed by atoms with Gasteiger partial charge < -0.3 is 9.64 Å². The summed E-state index contributed by atoms with van der Waals surface area (Å²) < 4.78 is 4.63. The van der Waals surface area contributed by atoms with Gasteiger partial charge in [0.25, 0.3) is 0 Å². The SMILES string of the molecule is COC(=O)C1CC(=O)N(c2cncc(C#N)c2)C1. The highest BCUT2D eigenvalue weighted by Gasteiger charge is 2.35. The van der Waals surface area contributed by atoms with Gasteiger partial charge in [0.2, 0.25) is 5.91 Å². The van der Waals surface area contributed by atoms with Crippen LogP contribution in [-0.2, 0) is 14.3 Å². The fraction of sp³-hybridized carbons (Fsp3) is 0.333. The first-order valence-electron chi connectivity index (χ1n) is 5.39. The highest BCUT2D eigenvalue weighted by Crippen LogP contribution is 2.25. The lowest BCUT2D eigenvalue weighted by atomic mass is 10.1. The second-order valence-electron chi connectivity index (χ2n) is 3.97. The molecule has 0 N–H and O–H groups in total. The van der Waals surface area contributed by atoms with Crippen LogP contribution in [0, 0.1) is 17.2 Å². The Morgan fingerprint density at radius 1 is 1.61 bits per heavy atom. The second kappa shape index (κ2) is 4.84. The van der Waals surface area contributed by atoms with E-state index in [1.807, 2.05) is 6.07 Å². The molecular weight excluding hydrogens is 234 g/mol. The number of amides is 1. The molecule has 2 heterocycles. The molecule has 0 saturated carbocycles. The summed E-state index contributed by atoms with van der Waals surface area (Å²) in [4.78, 5) is 28.5. The van der Waals surface area contributed by atoms with Crippen molar-refractivity contribution >= 4 is 17.6 Å². The Labute approximate surface area is 104 Å². The van der Waals surface area contributed by atoms with Crippen LogP contribution in [0.15, 0.2) is 18.5 Å². The molecule has 1 aromatic heterocycles. The van der Waals surface area contributed by atoms with E-state index < -0.39 is 11.9 Å². The van der Waals surface area contributed by atoms with Crippen LogP contribution in [-0.4, -0.2) is 30.5 Å². The molecule has 0 aromatic carbocycles. The normalized spacial score (nSPS) is 18.6. The number of carbonyl (C=O) groups excluding carboxylic acids is 2. The number of hydrogen-bond acceptors (Lipinski definition) is 5. The van der Waals surface area contributed by atoms with Crippen LogP contribution in [0.2, 0.25) is 0 Å². The van der Waals surface area contributed by atoms with Crippen molar-refractivity contribution in [3.05, 3.63) is 24.0 Å². The number of nitriles is 1. The van der Waals surface area contributed by atoms with Gasteiger partial charge in [0.05, 0.1) is 30.5 Å². The van der Waals surface area contributed by atoms with Gasteiger partial charge in [-0.1, -0.05) is 0 Å². The Morgan fingerprint density at radius 3 is 3.06 bits per heavy atom. The minimum absolute atomic E-state index is 0.128. The third-order valence-electron chi connectivity index (χ3n) is 2.82. The molecule has 1 saturated heterocycles. The van der Waals surface area contributed by atoms with Gasteiger partial charge in [-0.05, 0) is 6.07 Å². The van der Waals surface area contributed by atoms with E-state index >= 15 is 0 Å². The molecule has 0 bridgehead atoms. The van der Waals surface area contributed by atoms with Gasteiger partial charge in [0.15, 0.2) is 0 Å². The van der Waals surface area contributed by atoms with E-state index in [4.69, 9.17) is 5.26 Å². The van der Waals surface area contributed by atoms with E-state index in [-0.39, 0.29) is 18.9 Å². The number of pyridine rings is 1. The van der Waals surface area contributed by atoms with Crippen LogP contribution in [0.5, 0.6) is 0 Å². The van der Waals surface area contributed by atoms with E-state index in [1.165, 1.54) is 24.4 Å². The van der Waals surface area contributed by atoms with Crippen LogP contribution in [0.1, 0.15) is 12.0 Å². The zero-order chi connectivity index (χ0) is 13.1. The molecule has 2 rings (SSSR count). The zero-order valence-corrected chi connectivity index (χ0v) is 9.79. The molecule has 1 atom stereocenters. The summed E-state index contributed by atoms with van der Waals surface area (Å²) in [5, 5.41) is 8.78. The van der Waals surface area contributed by atoms with Crippen molar-refractivity contribution in [3.8, 4) is 6.07 Å². The smallest absolute Gasteiger partial charge is 0.311 e. The molecule has 1 aromatic rings. The predicted octanol–water partition coefficient (Wildman–Crippen LogP) is 0.479. The number of hydrogen-bond donors (Lipinski definition) is 0. The number of nitrogens with zero attached hydrogens (tertiary/aromatic N) is 3. The summed E-state index contributed by atoms with van der Waals surface area (Å²) in [5.41, 5.74) is 0.910. The van der Waals surface area contributed by atoms with Crippen molar-refractivity contribution in [3.63, 3.8) is 0 Å². The van der Waals surface area contributed by atoms with E-state index in [9.17, 15) is 9.59 Å². The second-order valence-corrected chi connectivity index (χ2v) is 3.97. The third-order valence-corrected chi connectivity index (χ3v) is 2.82. The van der Waals surface area contributed by atoms with Crippen LogP contribution in [0.3, 0.4) is 0 Å². The molecule has 1 unspecified atom stereocenters. The molecule has 18 heavy (non-hydrogen) atoms. The predicted molar refractivity (Wildman–Crippen MR) is 61.4 cm³/mol. The lowest BCUT2D eigenvalue weighted by Crippen LogP contribution is -2.26. The number of anilines is 1. The standard InChI is InChI=1S/C12H11N3O3/c1-18-12(17)9-3-11(16)15(7-9)10-2-8(4-13)5-14-6-10/h2,5-6,9H,3,7H2,1H3. The Bertz CT molecular complexity index is 536. The molecule has 0 aliphatic carbocycles. The van der Waals surface area contributed by atoms with Crippen molar-refractivity contribution in [2.24, 2.45) is 5.92 Å². The van der Waals surface area contributed by atoms with E-state index in [1.54, 1.807) is 6.07 Å². The fourth-order valence-electron chi connectivity index (χ4n) is 1.92. The summed E-state index contributed by atoms with van der Waals surface area (Å²) in [6, 6.07) is 3.53. The summed E-state index contributed by atoms with van der Waals surface area (Å²) >= 11 is 0. The largest absolute Gasteiger partial charge is 0.469 e. The average Bonchev–Trinajstić information content (AvgIpc) is 2.80. The number of methoxy groups -OCH3 is 1. The molecule has 1 aliphatic rings. The molecule has 0 spiro atoms. The van der Waals surface area contributed by atoms with Gasteiger partial charge in [-0.25, -0.2) is 0 Å². The van der Waals surface area contributed by atoms with E-state index in [2.05, 4.69) is 9.72 Å². The summed E-state index contributed by atoms with van der Waals surface area (Å²) in [7, 11) is 1.30. The van der Waals surface area contributed by atoms with Gasteiger partial charge in [-0.15, -0.1) is 0 Å². The molecular formula is C12H11N3O3. The monoisotopic (exact) mass is 245 g/mol. The summed E-state index contributed by atoms with van der Waals surface area (Å²) in [6.45, 7) is 0.266.